The van der Waals surface area contributed by atoms with Crippen molar-refractivity contribution in [2.45, 2.75) is 0 Å². The van der Waals surface area contributed by atoms with Gasteiger partial charge in [-0.25, -0.2) is 4.68 Å². The number of hydrogen-bond acceptors (Lipinski definition) is 6. The van der Waals surface area contributed by atoms with Crippen LogP contribution < -0.4 is 21.1 Å². The number of hydrogen-bond donors (Lipinski definition) is 3. The number of benzene rings is 2. The summed E-state index contributed by atoms with van der Waals surface area (Å²) in [5.41, 5.74) is 2.50. The van der Waals surface area contributed by atoms with Crippen molar-refractivity contribution in [1.82, 2.24) is 19.7 Å². The van der Waals surface area contributed by atoms with Crippen LogP contribution in [0.3, 0.4) is 0 Å². The monoisotopic (exact) mass is 469 g/mol. The van der Waals surface area contributed by atoms with E-state index in [1.54, 1.807) is 23.0 Å². The van der Waals surface area contributed by atoms with Gasteiger partial charge in [0.05, 0.1) is 17.6 Å². The standard InChI is InChI=1S/C26H27N7O2/c1-31-15-17-32(18-16-31)20-9-7-19(8-10-20)29-26(35)24-22(11-13-27-25(24)34)30-23-12-14-28-33(23)21-5-3-2-4-6-21/h2-14H,15-18H2,1H3,(H,29,35)(H2,27,30,34). The van der Waals surface area contributed by atoms with Gasteiger partial charge in [0.1, 0.15) is 11.4 Å². The van der Waals surface area contributed by atoms with E-state index in [4.69, 9.17) is 0 Å². The number of pyridine rings is 1. The van der Waals surface area contributed by atoms with Crippen LogP contribution in [0.15, 0.2) is 83.9 Å². The van der Waals surface area contributed by atoms with Crippen LogP contribution in [0.4, 0.5) is 22.9 Å². The second-order valence-electron chi connectivity index (χ2n) is 8.48. The predicted molar refractivity (Wildman–Crippen MR) is 138 cm³/mol. The Morgan fingerprint density at radius 1 is 0.914 bits per heavy atom. The first-order valence-electron chi connectivity index (χ1n) is 11.5. The molecule has 1 aliphatic rings. The van der Waals surface area contributed by atoms with Crippen molar-refractivity contribution in [3.05, 3.63) is 95.0 Å². The maximum atomic E-state index is 13.2. The van der Waals surface area contributed by atoms with E-state index in [-0.39, 0.29) is 5.56 Å². The molecule has 0 radical (unpaired) electrons. The first-order chi connectivity index (χ1) is 17.1. The van der Waals surface area contributed by atoms with Gasteiger partial charge < -0.3 is 25.4 Å². The fourth-order valence-electron chi connectivity index (χ4n) is 4.13. The number of rotatable bonds is 6. The molecule has 1 saturated heterocycles. The molecule has 1 amide bonds. The van der Waals surface area contributed by atoms with E-state index < -0.39 is 11.5 Å². The fourth-order valence-corrected chi connectivity index (χ4v) is 4.13. The lowest BCUT2D eigenvalue weighted by Gasteiger charge is -2.34. The molecule has 0 bridgehead atoms. The third-order valence-electron chi connectivity index (χ3n) is 6.09. The summed E-state index contributed by atoms with van der Waals surface area (Å²) in [6, 6.07) is 20.8. The summed E-state index contributed by atoms with van der Waals surface area (Å²) in [7, 11) is 2.12. The second kappa shape index (κ2) is 9.86. The van der Waals surface area contributed by atoms with Crippen molar-refractivity contribution in [3.63, 3.8) is 0 Å². The number of carbonyl (C=O) groups excluding carboxylic acids is 1. The van der Waals surface area contributed by atoms with Gasteiger partial charge in [0.25, 0.3) is 11.5 Å². The number of aromatic nitrogens is 3. The molecular weight excluding hydrogens is 442 g/mol. The Bertz CT molecular complexity index is 1350. The molecule has 1 fully saturated rings. The first-order valence-corrected chi connectivity index (χ1v) is 11.5. The number of piperazine rings is 1. The van der Waals surface area contributed by atoms with Crippen molar-refractivity contribution in [2.75, 3.05) is 48.8 Å². The molecule has 9 nitrogen and oxygen atoms in total. The van der Waals surface area contributed by atoms with Crippen LogP contribution >= 0.6 is 0 Å². The summed E-state index contributed by atoms with van der Waals surface area (Å²) < 4.78 is 1.71. The molecule has 1 aliphatic heterocycles. The number of nitrogens with zero attached hydrogens (tertiary/aromatic N) is 4. The average Bonchev–Trinajstić information content (AvgIpc) is 3.34. The normalized spacial score (nSPS) is 14.0. The Morgan fingerprint density at radius 2 is 1.66 bits per heavy atom. The topological polar surface area (TPSA) is 98.3 Å². The van der Waals surface area contributed by atoms with E-state index in [0.717, 1.165) is 37.6 Å². The lowest BCUT2D eigenvalue weighted by Crippen LogP contribution is -2.44. The van der Waals surface area contributed by atoms with Gasteiger partial charge in [0, 0.05) is 49.8 Å². The molecule has 2 aromatic carbocycles. The molecule has 178 valence electrons. The molecule has 5 rings (SSSR count). The number of anilines is 4. The summed E-state index contributed by atoms with van der Waals surface area (Å²) in [5.74, 6) is 0.139. The number of para-hydroxylation sites is 1. The summed E-state index contributed by atoms with van der Waals surface area (Å²) in [6.07, 6.45) is 3.17. The Morgan fingerprint density at radius 3 is 2.40 bits per heavy atom. The van der Waals surface area contributed by atoms with E-state index in [1.807, 2.05) is 54.6 Å². The van der Waals surface area contributed by atoms with E-state index in [2.05, 4.69) is 37.6 Å². The van der Waals surface area contributed by atoms with Gasteiger partial charge in [-0.15, -0.1) is 0 Å². The Hall–Kier alpha value is -4.37. The SMILES string of the molecule is CN1CCN(c2ccc(NC(=O)c3c(Nc4ccnn4-c4ccccc4)cc[nH]c3=O)cc2)CC1. The summed E-state index contributed by atoms with van der Waals surface area (Å²) >= 11 is 0. The molecule has 4 aromatic rings. The third-order valence-corrected chi connectivity index (χ3v) is 6.09. The van der Waals surface area contributed by atoms with E-state index in [1.165, 1.54) is 6.20 Å². The molecular formula is C26H27N7O2. The summed E-state index contributed by atoms with van der Waals surface area (Å²) in [6.45, 7) is 3.98. The number of carbonyl (C=O) groups is 1. The lowest BCUT2D eigenvalue weighted by atomic mass is 10.2. The number of likely N-dealkylation sites (N-methyl/N-ethyl adjacent to an activating group) is 1. The minimum Gasteiger partial charge on any atom is -0.369 e. The maximum Gasteiger partial charge on any atom is 0.263 e. The Kier molecular flexibility index (Phi) is 6.32. The van der Waals surface area contributed by atoms with Crippen molar-refractivity contribution in [2.24, 2.45) is 0 Å². The Balaban J connectivity index is 1.35. The minimum atomic E-state index is -0.493. The molecule has 3 N–H and O–H groups in total. The average molecular weight is 470 g/mol. The number of H-pyrrole nitrogens is 1. The van der Waals surface area contributed by atoms with Crippen molar-refractivity contribution < 1.29 is 4.79 Å². The smallest absolute Gasteiger partial charge is 0.263 e. The zero-order chi connectivity index (χ0) is 24.2. The minimum absolute atomic E-state index is 0.00328. The van der Waals surface area contributed by atoms with E-state index in [9.17, 15) is 9.59 Å². The van der Waals surface area contributed by atoms with Gasteiger partial charge >= 0.3 is 0 Å². The van der Waals surface area contributed by atoms with Gasteiger partial charge in [0.2, 0.25) is 0 Å². The molecule has 0 spiro atoms. The number of nitrogens with one attached hydrogen (secondary N) is 3. The van der Waals surface area contributed by atoms with Crippen LogP contribution in [0.2, 0.25) is 0 Å². The maximum absolute atomic E-state index is 13.2. The predicted octanol–water partition coefficient (Wildman–Crippen LogP) is 3.31. The number of aromatic amines is 1. The third kappa shape index (κ3) is 4.95. The summed E-state index contributed by atoms with van der Waals surface area (Å²) in [5, 5.41) is 10.4. The molecule has 0 unspecified atom stereocenters. The van der Waals surface area contributed by atoms with Crippen LogP contribution in [0.5, 0.6) is 0 Å². The quantitative estimate of drug-likeness (QED) is 0.401. The van der Waals surface area contributed by atoms with E-state index in [0.29, 0.717) is 17.2 Å². The van der Waals surface area contributed by atoms with Crippen LogP contribution in [0, 0.1) is 0 Å². The zero-order valence-electron chi connectivity index (χ0n) is 19.4. The molecule has 3 heterocycles. The number of amides is 1. The molecule has 2 aromatic heterocycles. The van der Waals surface area contributed by atoms with Gasteiger partial charge in [-0.3, -0.25) is 9.59 Å². The van der Waals surface area contributed by atoms with Crippen LogP contribution in [-0.2, 0) is 0 Å². The van der Waals surface area contributed by atoms with Gasteiger partial charge in [0.15, 0.2) is 0 Å². The highest BCUT2D eigenvalue weighted by molar-refractivity contribution is 6.08. The highest BCUT2D eigenvalue weighted by atomic mass is 16.2. The van der Waals surface area contributed by atoms with Crippen molar-refractivity contribution in [3.8, 4) is 5.69 Å². The molecule has 0 saturated carbocycles. The molecule has 9 heteroatoms. The van der Waals surface area contributed by atoms with Gasteiger partial charge in [-0.2, -0.15) is 5.10 Å². The van der Waals surface area contributed by atoms with Crippen molar-refractivity contribution >= 4 is 28.8 Å². The fraction of sp³-hybridized carbons (Fsp3) is 0.192. The van der Waals surface area contributed by atoms with Crippen LogP contribution in [0.25, 0.3) is 5.69 Å². The van der Waals surface area contributed by atoms with Crippen LogP contribution in [0.1, 0.15) is 10.4 Å². The largest absolute Gasteiger partial charge is 0.369 e. The molecule has 0 aliphatic carbocycles. The molecule has 0 atom stereocenters. The van der Waals surface area contributed by atoms with E-state index >= 15 is 0 Å². The highest BCUT2D eigenvalue weighted by Gasteiger charge is 2.19. The van der Waals surface area contributed by atoms with Crippen LogP contribution in [-0.4, -0.2) is 58.8 Å². The second-order valence-corrected chi connectivity index (χ2v) is 8.48. The Labute approximate surface area is 203 Å². The van der Waals surface area contributed by atoms with Gasteiger partial charge in [-0.1, -0.05) is 18.2 Å². The first kappa shape index (κ1) is 22.4. The lowest BCUT2D eigenvalue weighted by molar-refractivity contribution is 0.102. The summed E-state index contributed by atoms with van der Waals surface area (Å²) in [4.78, 5) is 33.0. The van der Waals surface area contributed by atoms with Crippen molar-refractivity contribution in [1.29, 1.82) is 0 Å². The molecule has 35 heavy (non-hydrogen) atoms. The zero-order valence-corrected chi connectivity index (χ0v) is 19.4. The highest BCUT2D eigenvalue weighted by Crippen LogP contribution is 2.23. The van der Waals surface area contributed by atoms with Gasteiger partial charge in [-0.05, 0) is 49.5 Å².